The highest BCUT2D eigenvalue weighted by Gasteiger charge is 2.22. The Morgan fingerprint density at radius 3 is 2.38 bits per heavy atom. The van der Waals surface area contributed by atoms with Gasteiger partial charge in [0.25, 0.3) is 0 Å². The number of benzene rings is 1. The Labute approximate surface area is 98.0 Å². The van der Waals surface area contributed by atoms with Gasteiger partial charge in [0.2, 0.25) is 0 Å². The average Bonchev–Trinajstić information content (AvgIpc) is 2.27. The van der Waals surface area contributed by atoms with Crippen molar-refractivity contribution < 1.29 is 19.0 Å². The van der Waals surface area contributed by atoms with Gasteiger partial charge in [-0.25, -0.2) is 4.79 Å². The van der Waals surface area contributed by atoms with Gasteiger partial charge in [0.15, 0.2) is 11.5 Å². The summed E-state index contributed by atoms with van der Waals surface area (Å²) in [4.78, 5) is 11.4. The average molecular weight is 246 g/mol. The highest BCUT2D eigenvalue weighted by atomic mass is 35.5. The summed E-state index contributed by atoms with van der Waals surface area (Å²) in [5.74, 6) is -0.0140. The van der Waals surface area contributed by atoms with Gasteiger partial charge in [-0.1, -0.05) is 11.6 Å². The van der Waals surface area contributed by atoms with Crippen molar-refractivity contribution in [3.8, 4) is 11.5 Å². The number of hydrogen-bond acceptors (Lipinski definition) is 5. The summed E-state index contributed by atoms with van der Waals surface area (Å²) in [5, 5.41) is 0.0752. The van der Waals surface area contributed by atoms with Gasteiger partial charge in [0, 0.05) is 6.07 Å². The number of carbonyl (C=O) groups excluding carboxylic acids is 1. The van der Waals surface area contributed by atoms with E-state index in [1.165, 1.54) is 27.4 Å². The Bertz CT molecular complexity index is 420. The second kappa shape index (κ2) is 4.94. The summed E-state index contributed by atoms with van der Waals surface area (Å²) in [6.07, 6.45) is 0. The zero-order valence-electron chi connectivity index (χ0n) is 9.17. The van der Waals surface area contributed by atoms with Crippen LogP contribution in [-0.2, 0) is 4.74 Å². The largest absolute Gasteiger partial charge is 0.493 e. The van der Waals surface area contributed by atoms with E-state index in [1.54, 1.807) is 0 Å². The molecule has 0 fully saturated rings. The van der Waals surface area contributed by atoms with Crippen molar-refractivity contribution >= 4 is 23.3 Å². The molecule has 1 aromatic rings. The molecule has 0 heterocycles. The Kier molecular flexibility index (Phi) is 3.84. The molecule has 0 atom stereocenters. The van der Waals surface area contributed by atoms with Gasteiger partial charge in [-0.15, -0.1) is 0 Å². The lowest BCUT2D eigenvalue weighted by Crippen LogP contribution is -2.08. The van der Waals surface area contributed by atoms with E-state index in [0.29, 0.717) is 5.75 Å². The zero-order chi connectivity index (χ0) is 12.3. The normalized spacial score (nSPS) is 9.75. The quantitative estimate of drug-likeness (QED) is 0.649. The first kappa shape index (κ1) is 12.4. The fourth-order valence-electron chi connectivity index (χ4n) is 1.28. The molecule has 0 amide bonds. The number of carbonyl (C=O) groups is 1. The van der Waals surface area contributed by atoms with Crippen LogP contribution < -0.4 is 15.2 Å². The zero-order valence-corrected chi connectivity index (χ0v) is 9.92. The molecule has 1 rings (SSSR count). The van der Waals surface area contributed by atoms with Crippen molar-refractivity contribution in [3.05, 3.63) is 16.7 Å². The van der Waals surface area contributed by atoms with Crippen LogP contribution in [0, 0.1) is 0 Å². The van der Waals surface area contributed by atoms with E-state index in [0.717, 1.165) is 0 Å². The fourth-order valence-corrected chi connectivity index (χ4v) is 1.64. The lowest BCUT2D eigenvalue weighted by Gasteiger charge is -2.13. The smallest absolute Gasteiger partial charge is 0.341 e. The third kappa shape index (κ3) is 1.99. The molecule has 0 aromatic heterocycles. The third-order valence-electron chi connectivity index (χ3n) is 2.03. The van der Waals surface area contributed by atoms with Gasteiger partial charge in [-0.05, 0) is 0 Å². The van der Waals surface area contributed by atoms with Gasteiger partial charge in [-0.2, -0.15) is 0 Å². The molecule has 1 aromatic carbocycles. The molecule has 88 valence electrons. The monoisotopic (exact) mass is 245 g/mol. The number of esters is 1. The van der Waals surface area contributed by atoms with Gasteiger partial charge in [-0.3, -0.25) is 0 Å². The number of hydrogen-bond donors (Lipinski definition) is 1. The maximum absolute atomic E-state index is 11.4. The van der Waals surface area contributed by atoms with Crippen LogP contribution in [-0.4, -0.2) is 27.3 Å². The molecular formula is C10H12ClNO4. The predicted molar refractivity (Wildman–Crippen MR) is 60.3 cm³/mol. The van der Waals surface area contributed by atoms with E-state index in [9.17, 15) is 4.79 Å². The fraction of sp³-hybridized carbons (Fsp3) is 0.300. The van der Waals surface area contributed by atoms with Gasteiger partial charge in [0.05, 0.1) is 27.0 Å². The maximum Gasteiger partial charge on any atom is 0.341 e. The summed E-state index contributed by atoms with van der Waals surface area (Å²) in [5.41, 5.74) is 5.92. The molecule has 0 spiro atoms. The highest BCUT2D eigenvalue weighted by Crippen LogP contribution is 2.40. The van der Waals surface area contributed by atoms with Crippen molar-refractivity contribution in [2.75, 3.05) is 27.1 Å². The summed E-state index contributed by atoms with van der Waals surface area (Å²) < 4.78 is 14.6. The lowest BCUT2D eigenvalue weighted by atomic mass is 10.1. The third-order valence-corrected chi connectivity index (χ3v) is 2.39. The van der Waals surface area contributed by atoms with E-state index in [-0.39, 0.29) is 22.0 Å². The van der Waals surface area contributed by atoms with Crippen molar-refractivity contribution in [1.82, 2.24) is 0 Å². The van der Waals surface area contributed by atoms with E-state index in [2.05, 4.69) is 4.74 Å². The molecule has 0 radical (unpaired) electrons. The molecule has 0 aliphatic carbocycles. The number of anilines is 1. The van der Waals surface area contributed by atoms with Crippen LogP contribution in [0.2, 0.25) is 5.02 Å². The van der Waals surface area contributed by atoms with E-state index in [1.807, 2.05) is 0 Å². The van der Waals surface area contributed by atoms with E-state index in [4.69, 9.17) is 26.8 Å². The molecule has 2 N–H and O–H groups in total. The van der Waals surface area contributed by atoms with Crippen LogP contribution in [0.4, 0.5) is 5.69 Å². The van der Waals surface area contributed by atoms with Gasteiger partial charge in [0.1, 0.15) is 10.6 Å². The second-order valence-corrected chi connectivity index (χ2v) is 3.26. The van der Waals surface area contributed by atoms with Crippen LogP contribution in [0.5, 0.6) is 11.5 Å². The van der Waals surface area contributed by atoms with Crippen molar-refractivity contribution in [1.29, 1.82) is 0 Å². The minimum absolute atomic E-state index is 0.0711. The first-order valence-electron chi connectivity index (χ1n) is 4.35. The number of nitrogens with two attached hydrogens (primary N) is 1. The van der Waals surface area contributed by atoms with Crippen LogP contribution in [0.3, 0.4) is 0 Å². The van der Waals surface area contributed by atoms with Crippen LogP contribution in [0.15, 0.2) is 6.07 Å². The summed E-state index contributed by atoms with van der Waals surface area (Å²) in [7, 11) is 4.11. The Morgan fingerprint density at radius 2 is 1.94 bits per heavy atom. The number of methoxy groups -OCH3 is 3. The number of nitrogen functional groups attached to an aromatic ring is 1. The molecule has 0 saturated carbocycles. The number of halogens is 1. The highest BCUT2D eigenvalue weighted by molar-refractivity contribution is 6.36. The lowest BCUT2D eigenvalue weighted by molar-refractivity contribution is 0.0601. The predicted octanol–water partition coefficient (Wildman–Crippen LogP) is 1.73. The van der Waals surface area contributed by atoms with Crippen LogP contribution in [0.25, 0.3) is 0 Å². The second-order valence-electron chi connectivity index (χ2n) is 2.88. The van der Waals surface area contributed by atoms with Crippen molar-refractivity contribution in [2.45, 2.75) is 0 Å². The topological polar surface area (TPSA) is 70.8 Å². The van der Waals surface area contributed by atoms with Gasteiger partial charge >= 0.3 is 5.97 Å². The molecule has 16 heavy (non-hydrogen) atoms. The maximum atomic E-state index is 11.4. The van der Waals surface area contributed by atoms with Crippen LogP contribution in [0.1, 0.15) is 10.4 Å². The summed E-state index contributed by atoms with van der Waals surface area (Å²) in [6.45, 7) is 0. The van der Waals surface area contributed by atoms with Crippen molar-refractivity contribution in [2.24, 2.45) is 0 Å². The molecule has 0 unspecified atom stereocenters. The Hall–Kier alpha value is -1.62. The molecule has 0 bridgehead atoms. The first-order chi connectivity index (χ1) is 7.56. The SMILES string of the molecule is COC(=O)c1c(N)cc(OC)c(OC)c1Cl. The standard InChI is InChI=1S/C10H12ClNO4/c1-14-6-4-5(12)7(10(13)16-3)8(11)9(6)15-2/h4H,12H2,1-3H3. The molecule has 0 aliphatic rings. The minimum Gasteiger partial charge on any atom is -0.493 e. The molecule has 6 heteroatoms. The Balaban J connectivity index is 3.46. The molecule has 0 saturated heterocycles. The number of rotatable bonds is 3. The summed E-state index contributed by atoms with van der Waals surface area (Å²) >= 11 is 5.99. The Morgan fingerprint density at radius 1 is 1.31 bits per heavy atom. The van der Waals surface area contributed by atoms with Gasteiger partial charge < -0.3 is 19.9 Å². The van der Waals surface area contributed by atoms with E-state index < -0.39 is 5.97 Å². The molecular weight excluding hydrogens is 234 g/mol. The van der Waals surface area contributed by atoms with Crippen molar-refractivity contribution in [3.63, 3.8) is 0 Å². The minimum atomic E-state index is -0.622. The molecule has 5 nitrogen and oxygen atoms in total. The van der Waals surface area contributed by atoms with Crippen LogP contribution >= 0.6 is 11.6 Å². The first-order valence-corrected chi connectivity index (χ1v) is 4.72. The van der Waals surface area contributed by atoms with E-state index >= 15 is 0 Å². The molecule has 0 aliphatic heterocycles. The summed E-state index contributed by atoms with van der Waals surface area (Å²) in [6, 6.07) is 1.46. The number of ether oxygens (including phenoxy) is 3.